The van der Waals surface area contributed by atoms with Gasteiger partial charge in [0.1, 0.15) is 11.5 Å². The third-order valence-electron chi connectivity index (χ3n) is 7.30. The number of rotatable bonds is 4. The lowest BCUT2D eigenvalue weighted by atomic mass is 9.83. The summed E-state index contributed by atoms with van der Waals surface area (Å²) in [7, 11) is 3.30. The van der Waals surface area contributed by atoms with Crippen molar-refractivity contribution in [1.82, 2.24) is 4.57 Å². The minimum atomic E-state index is -0.362. The van der Waals surface area contributed by atoms with E-state index in [-0.39, 0.29) is 18.4 Å². The Morgan fingerprint density at radius 2 is 1.87 bits per heavy atom. The zero-order valence-corrected chi connectivity index (χ0v) is 21.7. The Morgan fingerprint density at radius 1 is 1.00 bits per heavy atom. The van der Waals surface area contributed by atoms with Crippen molar-refractivity contribution in [3.8, 4) is 23.0 Å². The maximum Gasteiger partial charge on any atom is 0.271 e. The van der Waals surface area contributed by atoms with Crippen LogP contribution in [0.15, 0.2) is 76.0 Å². The standard InChI is InChI=1S/C30H24N2O5S/c1-34-19-9-12-23(35-2)22(15-19)28-21-10-8-18-5-3-4-6-20(18)27(21)31-30-32(28)29(33)26(38-30)14-17-7-11-24-25(13-17)37-16-36-24/h3-7,9,11-15,28H,8,10,16H2,1-2H3. The Kier molecular flexibility index (Phi) is 5.37. The predicted octanol–water partition coefficient (Wildman–Crippen LogP) is 4.06. The summed E-state index contributed by atoms with van der Waals surface area (Å²) < 4.78 is 24.7. The average molecular weight is 525 g/mol. The first-order chi connectivity index (χ1) is 18.6. The third kappa shape index (κ3) is 3.55. The molecule has 0 N–H and O–H groups in total. The Labute approximate surface area is 222 Å². The molecule has 3 aromatic carbocycles. The molecule has 0 radical (unpaired) electrons. The Balaban J connectivity index is 1.49. The third-order valence-corrected chi connectivity index (χ3v) is 8.28. The molecule has 1 aromatic heterocycles. The SMILES string of the molecule is COc1ccc(OC)c(C2C3=C(N=c4sc(=Cc5ccc6c(c5)OCO6)c(=O)n42)c2ccccc2CC3)c1. The molecule has 1 unspecified atom stereocenters. The van der Waals surface area contributed by atoms with Crippen LogP contribution >= 0.6 is 11.3 Å². The molecule has 7 rings (SSSR count). The van der Waals surface area contributed by atoms with Crippen LogP contribution in [0, 0.1) is 0 Å². The van der Waals surface area contributed by atoms with Gasteiger partial charge in [-0.05, 0) is 65.9 Å². The van der Waals surface area contributed by atoms with Gasteiger partial charge in [0.15, 0.2) is 16.3 Å². The molecule has 0 fully saturated rings. The lowest BCUT2D eigenvalue weighted by molar-refractivity contribution is 0.174. The summed E-state index contributed by atoms with van der Waals surface area (Å²) in [6.07, 6.45) is 3.57. The largest absolute Gasteiger partial charge is 0.497 e. The van der Waals surface area contributed by atoms with Crippen molar-refractivity contribution in [2.24, 2.45) is 4.99 Å². The van der Waals surface area contributed by atoms with Gasteiger partial charge >= 0.3 is 0 Å². The summed E-state index contributed by atoms with van der Waals surface area (Å²) in [6.45, 7) is 0.205. The van der Waals surface area contributed by atoms with Crippen LogP contribution < -0.4 is 33.8 Å². The Hall–Kier alpha value is -4.30. The number of hydrogen-bond donors (Lipinski definition) is 0. The van der Waals surface area contributed by atoms with Crippen LogP contribution in [0.4, 0.5) is 0 Å². The number of fused-ring (bicyclic) bond motifs is 4. The van der Waals surface area contributed by atoms with Gasteiger partial charge < -0.3 is 18.9 Å². The molecule has 0 amide bonds. The van der Waals surface area contributed by atoms with E-state index in [9.17, 15) is 4.79 Å². The minimum absolute atomic E-state index is 0.0910. The van der Waals surface area contributed by atoms with Gasteiger partial charge in [-0.3, -0.25) is 9.36 Å². The second-order valence-corrected chi connectivity index (χ2v) is 10.3. The Morgan fingerprint density at radius 3 is 2.74 bits per heavy atom. The summed E-state index contributed by atoms with van der Waals surface area (Å²) in [4.78, 5) is 19.8. The smallest absolute Gasteiger partial charge is 0.271 e. The number of methoxy groups -OCH3 is 2. The summed E-state index contributed by atoms with van der Waals surface area (Å²) in [5.74, 6) is 2.80. The predicted molar refractivity (Wildman–Crippen MR) is 145 cm³/mol. The number of aromatic nitrogens is 1. The number of nitrogens with zero attached hydrogens (tertiary/aromatic N) is 2. The topological polar surface area (TPSA) is 71.3 Å². The van der Waals surface area contributed by atoms with E-state index >= 15 is 0 Å². The molecule has 1 atom stereocenters. The molecule has 3 aliphatic rings. The fourth-order valence-corrected chi connectivity index (χ4v) is 6.51. The fourth-order valence-electron chi connectivity index (χ4n) is 5.51. The number of thiazole rings is 1. The summed E-state index contributed by atoms with van der Waals surface area (Å²) in [5, 5.41) is 0. The molecule has 0 spiro atoms. The van der Waals surface area contributed by atoms with Crippen molar-refractivity contribution in [3.63, 3.8) is 0 Å². The number of benzene rings is 3. The quantitative estimate of drug-likeness (QED) is 0.403. The highest BCUT2D eigenvalue weighted by molar-refractivity contribution is 7.07. The monoisotopic (exact) mass is 524 g/mol. The first-order valence-electron chi connectivity index (χ1n) is 12.4. The molecule has 8 heteroatoms. The molecule has 0 saturated heterocycles. The maximum atomic E-state index is 14.0. The number of hydrogen-bond acceptors (Lipinski definition) is 7. The van der Waals surface area contributed by atoms with Gasteiger partial charge in [0.25, 0.3) is 5.56 Å². The first kappa shape index (κ1) is 22.9. The van der Waals surface area contributed by atoms with E-state index in [0.29, 0.717) is 32.3 Å². The number of allylic oxidation sites excluding steroid dienone is 1. The van der Waals surface area contributed by atoms with Crippen LogP contribution in [-0.2, 0) is 6.42 Å². The second-order valence-electron chi connectivity index (χ2n) is 9.33. The molecule has 7 nitrogen and oxygen atoms in total. The van der Waals surface area contributed by atoms with E-state index in [1.165, 1.54) is 16.9 Å². The zero-order valence-electron chi connectivity index (χ0n) is 20.9. The zero-order chi connectivity index (χ0) is 25.8. The number of ether oxygens (including phenoxy) is 4. The highest BCUT2D eigenvalue weighted by Crippen LogP contribution is 2.44. The van der Waals surface area contributed by atoms with E-state index in [0.717, 1.165) is 40.8 Å². The summed E-state index contributed by atoms with van der Waals surface area (Å²) in [5.41, 5.74) is 6.09. The van der Waals surface area contributed by atoms with Crippen LogP contribution in [0.25, 0.3) is 11.8 Å². The van der Waals surface area contributed by atoms with Crippen molar-refractivity contribution in [2.75, 3.05) is 21.0 Å². The normalized spacial score (nSPS) is 17.4. The molecule has 0 saturated carbocycles. The highest BCUT2D eigenvalue weighted by Gasteiger charge is 2.34. The maximum absolute atomic E-state index is 14.0. The van der Waals surface area contributed by atoms with Crippen LogP contribution in [0.1, 0.15) is 34.7 Å². The van der Waals surface area contributed by atoms with E-state index < -0.39 is 0 Å². The molecule has 3 heterocycles. The van der Waals surface area contributed by atoms with Crippen LogP contribution in [0.3, 0.4) is 0 Å². The van der Waals surface area contributed by atoms with Crippen molar-refractivity contribution in [1.29, 1.82) is 0 Å². The van der Waals surface area contributed by atoms with Crippen molar-refractivity contribution < 1.29 is 18.9 Å². The van der Waals surface area contributed by atoms with Gasteiger partial charge in [-0.2, -0.15) is 0 Å². The molecule has 190 valence electrons. The van der Waals surface area contributed by atoms with Crippen LogP contribution in [0.5, 0.6) is 23.0 Å². The van der Waals surface area contributed by atoms with Gasteiger partial charge in [0, 0.05) is 11.1 Å². The molecular formula is C30H24N2O5S. The van der Waals surface area contributed by atoms with E-state index in [4.69, 9.17) is 23.9 Å². The van der Waals surface area contributed by atoms with Crippen LogP contribution in [-0.4, -0.2) is 25.6 Å². The average Bonchev–Trinajstić information content (AvgIpc) is 3.55. The van der Waals surface area contributed by atoms with Crippen LogP contribution in [0.2, 0.25) is 0 Å². The van der Waals surface area contributed by atoms with E-state index in [1.54, 1.807) is 14.2 Å². The minimum Gasteiger partial charge on any atom is -0.497 e. The molecule has 2 aliphatic heterocycles. The van der Waals surface area contributed by atoms with Gasteiger partial charge in [-0.25, -0.2) is 4.99 Å². The highest BCUT2D eigenvalue weighted by atomic mass is 32.1. The van der Waals surface area contributed by atoms with Gasteiger partial charge in [-0.1, -0.05) is 41.7 Å². The first-order valence-corrected chi connectivity index (χ1v) is 13.2. The lowest BCUT2D eigenvalue weighted by Gasteiger charge is -2.31. The van der Waals surface area contributed by atoms with Crippen molar-refractivity contribution >= 4 is 23.1 Å². The lowest BCUT2D eigenvalue weighted by Crippen LogP contribution is -2.39. The molecule has 1 aliphatic carbocycles. The van der Waals surface area contributed by atoms with Crippen molar-refractivity contribution in [3.05, 3.63) is 108 Å². The van der Waals surface area contributed by atoms with Gasteiger partial charge in [0.05, 0.1) is 30.5 Å². The van der Waals surface area contributed by atoms with E-state index in [1.807, 2.05) is 53.1 Å². The molecule has 4 aromatic rings. The van der Waals surface area contributed by atoms with Gasteiger partial charge in [0.2, 0.25) is 6.79 Å². The number of aryl methyl sites for hydroxylation is 1. The second kappa shape index (κ2) is 8.92. The fraction of sp³-hybridized carbons (Fsp3) is 0.200. The summed E-state index contributed by atoms with van der Waals surface area (Å²) >= 11 is 1.39. The van der Waals surface area contributed by atoms with Crippen molar-refractivity contribution in [2.45, 2.75) is 18.9 Å². The van der Waals surface area contributed by atoms with E-state index in [2.05, 4.69) is 18.2 Å². The molecule has 0 bridgehead atoms. The van der Waals surface area contributed by atoms with Gasteiger partial charge in [-0.15, -0.1) is 0 Å². The molecule has 38 heavy (non-hydrogen) atoms. The molecular weight excluding hydrogens is 500 g/mol. The Bertz CT molecular complexity index is 1820. The summed E-state index contributed by atoms with van der Waals surface area (Å²) in [6, 6.07) is 19.4.